The zero-order chi connectivity index (χ0) is 14.3. The standard InChI is InChI=1S/C10H18N2O6/c1-10(2,18-3)5-11-9(17)12-6(8(15)16)4-7(13)14/h6H,4-5H2,1-3H3,(H,13,14)(H,15,16)(H2,11,12,17)/t6-/m1/s1. The van der Waals surface area contributed by atoms with Gasteiger partial charge in [0.05, 0.1) is 12.0 Å². The number of hydrogen-bond acceptors (Lipinski definition) is 4. The van der Waals surface area contributed by atoms with Gasteiger partial charge >= 0.3 is 18.0 Å². The number of carbonyl (C=O) groups excluding carboxylic acids is 1. The molecule has 0 aromatic carbocycles. The number of aliphatic carboxylic acids is 2. The molecule has 0 saturated heterocycles. The third kappa shape index (κ3) is 6.69. The van der Waals surface area contributed by atoms with Gasteiger partial charge in [-0.05, 0) is 13.8 Å². The van der Waals surface area contributed by atoms with Gasteiger partial charge in [0.15, 0.2) is 0 Å². The van der Waals surface area contributed by atoms with Crippen LogP contribution in [0.4, 0.5) is 4.79 Å². The third-order valence-corrected chi connectivity index (χ3v) is 2.21. The Morgan fingerprint density at radius 3 is 2.22 bits per heavy atom. The first-order chi connectivity index (χ1) is 8.18. The van der Waals surface area contributed by atoms with Crippen molar-refractivity contribution in [1.82, 2.24) is 10.6 Å². The fourth-order valence-corrected chi connectivity index (χ4v) is 0.949. The fourth-order valence-electron chi connectivity index (χ4n) is 0.949. The van der Waals surface area contributed by atoms with E-state index >= 15 is 0 Å². The molecular weight excluding hydrogens is 244 g/mol. The van der Waals surface area contributed by atoms with Gasteiger partial charge in [0, 0.05) is 13.7 Å². The second kappa shape index (κ2) is 6.80. The van der Waals surface area contributed by atoms with E-state index in [0.29, 0.717) is 0 Å². The first-order valence-electron chi connectivity index (χ1n) is 5.22. The molecule has 4 N–H and O–H groups in total. The van der Waals surface area contributed by atoms with E-state index in [2.05, 4.69) is 10.6 Å². The number of amides is 2. The topological polar surface area (TPSA) is 125 Å². The summed E-state index contributed by atoms with van der Waals surface area (Å²) in [4.78, 5) is 32.5. The Bertz CT molecular complexity index is 328. The average Bonchev–Trinajstić information content (AvgIpc) is 2.25. The van der Waals surface area contributed by atoms with E-state index in [4.69, 9.17) is 14.9 Å². The highest BCUT2D eigenvalue weighted by Gasteiger charge is 2.24. The molecule has 0 aromatic heterocycles. The SMILES string of the molecule is COC(C)(C)CNC(=O)N[C@H](CC(=O)O)C(=O)O. The number of nitrogens with one attached hydrogen (secondary N) is 2. The number of urea groups is 1. The van der Waals surface area contributed by atoms with E-state index in [0.717, 1.165) is 0 Å². The molecule has 0 aliphatic carbocycles. The Kier molecular flexibility index (Phi) is 6.11. The molecule has 0 aliphatic heterocycles. The normalized spacial score (nSPS) is 12.6. The minimum absolute atomic E-state index is 0.161. The van der Waals surface area contributed by atoms with Crippen molar-refractivity contribution in [2.24, 2.45) is 0 Å². The number of hydrogen-bond donors (Lipinski definition) is 4. The van der Waals surface area contributed by atoms with Gasteiger partial charge in [0.25, 0.3) is 0 Å². The third-order valence-electron chi connectivity index (χ3n) is 2.21. The lowest BCUT2D eigenvalue weighted by molar-refractivity contribution is -0.145. The number of carboxylic acids is 2. The number of methoxy groups -OCH3 is 1. The van der Waals surface area contributed by atoms with Crippen LogP contribution in [-0.2, 0) is 14.3 Å². The zero-order valence-electron chi connectivity index (χ0n) is 10.5. The molecule has 0 bridgehead atoms. The van der Waals surface area contributed by atoms with Crippen LogP contribution < -0.4 is 10.6 Å². The second-order valence-corrected chi connectivity index (χ2v) is 4.28. The molecule has 0 unspecified atom stereocenters. The molecule has 0 fully saturated rings. The molecule has 2 amide bonds. The van der Waals surface area contributed by atoms with Gasteiger partial charge in [0.2, 0.25) is 0 Å². The average molecular weight is 262 g/mol. The monoisotopic (exact) mass is 262 g/mol. The maximum Gasteiger partial charge on any atom is 0.326 e. The lowest BCUT2D eigenvalue weighted by Crippen LogP contribution is -2.50. The highest BCUT2D eigenvalue weighted by atomic mass is 16.5. The molecule has 1 atom stereocenters. The van der Waals surface area contributed by atoms with E-state index in [1.54, 1.807) is 13.8 Å². The van der Waals surface area contributed by atoms with Gasteiger partial charge in [-0.25, -0.2) is 9.59 Å². The quantitative estimate of drug-likeness (QED) is 0.496. The molecule has 0 radical (unpaired) electrons. The Hall–Kier alpha value is -1.83. The maximum absolute atomic E-state index is 11.4. The van der Waals surface area contributed by atoms with Crippen LogP contribution in [0.25, 0.3) is 0 Å². The van der Waals surface area contributed by atoms with Crippen molar-refractivity contribution in [1.29, 1.82) is 0 Å². The molecule has 104 valence electrons. The summed E-state index contributed by atoms with van der Waals surface area (Å²) in [7, 11) is 1.48. The summed E-state index contributed by atoms with van der Waals surface area (Å²) in [5.41, 5.74) is -0.594. The van der Waals surface area contributed by atoms with Crippen LogP contribution in [0, 0.1) is 0 Å². The van der Waals surface area contributed by atoms with Gasteiger partial charge < -0.3 is 25.6 Å². The molecule has 8 heteroatoms. The van der Waals surface area contributed by atoms with E-state index in [-0.39, 0.29) is 6.54 Å². The van der Waals surface area contributed by atoms with Gasteiger partial charge in [0.1, 0.15) is 6.04 Å². The molecule has 0 aliphatic rings. The lowest BCUT2D eigenvalue weighted by Gasteiger charge is -2.23. The van der Waals surface area contributed by atoms with Gasteiger partial charge in [-0.15, -0.1) is 0 Å². The number of carbonyl (C=O) groups is 3. The highest BCUT2D eigenvalue weighted by Crippen LogP contribution is 2.04. The number of rotatable bonds is 7. The molecule has 18 heavy (non-hydrogen) atoms. The van der Waals surface area contributed by atoms with E-state index < -0.39 is 36.0 Å². The lowest BCUT2D eigenvalue weighted by atomic mass is 10.1. The van der Waals surface area contributed by atoms with Crippen LogP contribution in [0.1, 0.15) is 20.3 Å². The summed E-state index contributed by atoms with van der Waals surface area (Å²) in [5.74, 6) is -2.71. The van der Waals surface area contributed by atoms with Gasteiger partial charge in [-0.2, -0.15) is 0 Å². The summed E-state index contributed by atoms with van der Waals surface area (Å²) in [6.07, 6.45) is -0.684. The largest absolute Gasteiger partial charge is 0.481 e. The van der Waals surface area contributed by atoms with Gasteiger partial charge in [-0.3, -0.25) is 4.79 Å². The highest BCUT2D eigenvalue weighted by molar-refractivity contribution is 5.86. The molecule has 0 heterocycles. The van der Waals surface area contributed by atoms with Crippen LogP contribution in [-0.4, -0.2) is 53.5 Å². The summed E-state index contributed by atoms with van der Waals surface area (Å²) in [6, 6.07) is -2.22. The molecule has 0 rings (SSSR count). The summed E-state index contributed by atoms with van der Waals surface area (Å²) in [5, 5.41) is 21.7. The number of carboxylic acid groups (broad SMARTS) is 2. The molecular formula is C10H18N2O6. The van der Waals surface area contributed by atoms with Crippen LogP contribution in [0.3, 0.4) is 0 Å². The van der Waals surface area contributed by atoms with E-state index in [1.807, 2.05) is 0 Å². The molecule has 8 nitrogen and oxygen atoms in total. The van der Waals surface area contributed by atoms with E-state index in [1.165, 1.54) is 7.11 Å². The Morgan fingerprint density at radius 2 is 1.83 bits per heavy atom. The van der Waals surface area contributed by atoms with Gasteiger partial charge in [-0.1, -0.05) is 0 Å². The van der Waals surface area contributed by atoms with Crippen LogP contribution in [0.5, 0.6) is 0 Å². The predicted molar refractivity (Wildman–Crippen MR) is 61.3 cm³/mol. The van der Waals surface area contributed by atoms with E-state index in [9.17, 15) is 14.4 Å². The van der Waals surface area contributed by atoms with Crippen molar-refractivity contribution in [3.63, 3.8) is 0 Å². The van der Waals surface area contributed by atoms with Crippen molar-refractivity contribution < 1.29 is 29.3 Å². The zero-order valence-corrected chi connectivity index (χ0v) is 10.5. The fraction of sp³-hybridized carbons (Fsp3) is 0.700. The molecule has 0 spiro atoms. The number of ether oxygens (including phenoxy) is 1. The van der Waals surface area contributed by atoms with Crippen LogP contribution in [0.2, 0.25) is 0 Å². The minimum Gasteiger partial charge on any atom is -0.481 e. The minimum atomic E-state index is -1.46. The summed E-state index contributed by atoms with van der Waals surface area (Å²) >= 11 is 0. The first-order valence-corrected chi connectivity index (χ1v) is 5.22. The Morgan fingerprint density at radius 1 is 1.28 bits per heavy atom. The summed E-state index contributed by atoms with van der Waals surface area (Å²) < 4.78 is 5.05. The van der Waals surface area contributed by atoms with Crippen LogP contribution >= 0.6 is 0 Å². The van der Waals surface area contributed by atoms with Crippen molar-refractivity contribution in [2.45, 2.75) is 31.9 Å². The summed E-state index contributed by atoms with van der Waals surface area (Å²) in [6.45, 7) is 3.63. The Labute approximate surface area is 104 Å². The first kappa shape index (κ1) is 16.2. The predicted octanol–water partition coefficient (Wildman–Crippen LogP) is -0.361. The molecule has 0 saturated carbocycles. The van der Waals surface area contributed by atoms with Crippen molar-refractivity contribution in [3.05, 3.63) is 0 Å². The smallest absolute Gasteiger partial charge is 0.326 e. The van der Waals surface area contributed by atoms with Crippen molar-refractivity contribution in [3.8, 4) is 0 Å². The second-order valence-electron chi connectivity index (χ2n) is 4.28. The van der Waals surface area contributed by atoms with Crippen molar-refractivity contribution >= 4 is 18.0 Å². The Balaban J connectivity index is 4.27. The van der Waals surface area contributed by atoms with Crippen LogP contribution in [0.15, 0.2) is 0 Å². The van der Waals surface area contributed by atoms with Crippen molar-refractivity contribution in [2.75, 3.05) is 13.7 Å². The maximum atomic E-state index is 11.4. The molecule has 0 aromatic rings.